The number of nitrogens with one attached hydrogen (secondary N) is 2. The molecule has 37 heavy (non-hydrogen) atoms. The fraction of sp³-hybridized carbons (Fsp3) is 0.571. The molecule has 0 heterocycles. The van der Waals surface area contributed by atoms with Crippen molar-refractivity contribution in [2.45, 2.75) is 103 Å². The van der Waals surface area contributed by atoms with E-state index in [4.69, 9.17) is 10.5 Å². The van der Waals surface area contributed by atoms with Gasteiger partial charge in [-0.2, -0.15) is 0 Å². The van der Waals surface area contributed by atoms with Crippen LogP contribution in [0.5, 0.6) is 0 Å². The number of hydrogen-bond donors (Lipinski definition) is 3. The molecule has 0 aliphatic heterocycles. The molecule has 9 nitrogen and oxygen atoms in total. The van der Waals surface area contributed by atoms with Crippen molar-refractivity contribution in [2.24, 2.45) is 5.73 Å². The Bertz CT molecular complexity index is 979. The molecule has 1 aromatic rings. The zero-order valence-corrected chi connectivity index (χ0v) is 22.7. The molecule has 0 radical (unpaired) electrons. The Morgan fingerprint density at radius 2 is 1.81 bits per heavy atom. The van der Waals surface area contributed by atoms with Gasteiger partial charge in [-0.1, -0.05) is 50.1 Å². The largest absolute Gasteiger partial charge is 0.444 e. The second-order valence-corrected chi connectivity index (χ2v) is 10.8. The van der Waals surface area contributed by atoms with Gasteiger partial charge in [-0.05, 0) is 64.7 Å². The standard InChI is InChI=1S/C28H42N4O5/c1-7-19-12-11-13-20(16-19)24(25(34)30-21-14-9-8-10-15-21)32(18(2)3)26(35)22(17-23(29)33)31-27(36)37-28(4,5)6/h7,11-13,16,18,21-22,24H,1,8-10,14-15,17H2,2-6H3,(H2,29,33)(H,30,34)(H,31,36). The lowest BCUT2D eigenvalue weighted by Crippen LogP contribution is -2.56. The average molecular weight is 515 g/mol. The minimum atomic E-state index is -1.30. The van der Waals surface area contributed by atoms with Crippen LogP contribution in [0.15, 0.2) is 30.8 Å². The van der Waals surface area contributed by atoms with E-state index in [0.29, 0.717) is 5.56 Å². The Morgan fingerprint density at radius 1 is 1.16 bits per heavy atom. The van der Waals surface area contributed by atoms with Crippen molar-refractivity contribution < 1.29 is 23.9 Å². The fourth-order valence-corrected chi connectivity index (χ4v) is 4.53. The highest BCUT2D eigenvalue weighted by molar-refractivity contribution is 5.94. The van der Waals surface area contributed by atoms with Crippen molar-refractivity contribution in [3.8, 4) is 0 Å². The van der Waals surface area contributed by atoms with E-state index in [9.17, 15) is 19.2 Å². The Balaban J connectivity index is 2.48. The van der Waals surface area contributed by atoms with Crippen LogP contribution in [-0.2, 0) is 19.1 Å². The molecule has 1 aliphatic carbocycles. The van der Waals surface area contributed by atoms with Crippen molar-refractivity contribution in [1.82, 2.24) is 15.5 Å². The topological polar surface area (TPSA) is 131 Å². The van der Waals surface area contributed by atoms with Gasteiger partial charge < -0.3 is 26.0 Å². The molecule has 0 saturated heterocycles. The van der Waals surface area contributed by atoms with E-state index in [2.05, 4.69) is 17.2 Å². The summed E-state index contributed by atoms with van der Waals surface area (Å²) in [6.07, 6.45) is 5.35. The molecule has 2 atom stereocenters. The number of alkyl carbamates (subject to hydrolysis) is 1. The highest BCUT2D eigenvalue weighted by Crippen LogP contribution is 2.28. The number of carbonyl (C=O) groups is 4. The van der Waals surface area contributed by atoms with Crippen LogP contribution in [0.3, 0.4) is 0 Å². The lowest BCUT2D eigenvalue weighted by Gasteiger charge is -2.38. The van der Waals surface area contributed by atoms with Crippen molar-refractivity contribution in [3.63, 3.8) is 0 Å². The van der Waals surface area contributed by atoms with Gasteiger partial charge in [-0.25, -0.2) is 4.79 Å². The summed E-state index contributed by atoms with van der Waals surface area (Å²) in [7, 11) is 0. The highest BCUT2D eigenvalue weighted by Gasteiger charge is 2.39. The number of nitrogens with zero attached hydrogens (tertiary/aromatic N) is 1. The van der Waals surface area contributed by atoms with Gasteiger partial charge in [-0.3, -0.25) is 14.4 Å². The number of primary amides is 1. The summed E-state index contributed by atoms with van der Waals surface area (Å²) in [4.78, 5) is 53.5. The van der Waals surface area contributed by atoms with Crippen LogP contribution in [-0.4, -0.2) is 52.4 Å². The zero-order valence-electron chi connectivity index (χ0n) is 22.7. The molecule has 204 valence electrons. The van der Waals surface area contributed by atoms with E-state index < -0.39 is 48.1 Å². The highest BCUT2D eigenvalue weighted by atomic mass is 16.6. The molecule has 0 aromatic heterocycles. The Labute approximate surface area is 220 Å². The SMILES string of the molecule is C=Cc1cccc(C(C(=O)NC2CCCCC2)N(C(=O)C(CC(N)=O)NC(=O)OC(C)(C)C)C(C)C)c1. The number of benzene rings is 1. The number of amides is 4. The minimum absolute atomic E-state index is 0.0248. The number of hydrogen-bond acceptors (Lipinski definition) is 5. The Hall–Kier alpha value is -3.36. The molecule has 1 aliphatic rings. The number of rotatable bonds is 10. The molecule has 1 fully saturated rings. The van der Waals surface area contributed by atoms with Crippen LogP contribution < -0.4 is 16.4 Å². The van der Waals surface area contributed by atoms with Gasteiger partial charge >= 0.3 is 6.09 Å². The first-order valence-corrected chi connectivity index (χ1v) is 12.9. The Kier molecular flexibility index (Phi) is 10.7. The van der Waals surface area contributed by atoms with Crippen LogP contribution >= 0.6 is 0 Å². The number of ether oxygens (including phenoxy) is 1. The first-order chi connectivity index (χ1) is 17.3. The minimum Gasteiger partial charge on any atom is -0.444 e. The van der Waals surface area contributed by atoms with Gasteiger partial charge in [0.15, 0.2) is 0 Å². The summed E-state index contributed by atoms with van der Waals surface area (Å²) < 4.78 is 5.30. The first-order valence-electron chi connectivity index (χ1n) is 12.9. The third kappa shape index (κ3) is 9.22. The van der Waals surface area contributed by atoms with Gasteiger partial charge in [0.25, 0.3) is 0 Å². The molecule has 1 aromatic carbocycles. The quantitative estimate of drug-likeness (QED) is 0.437. The summed E-state index contributed by atoms with van der Waals surface area (Å²) in [5, 5.41) is 5.62. The lowest BCUT2D eigenvalue weighted by molar-refractivity contribution is -0.145. The van der Waals surface area contributed by atoms with Gasteiger partial charge in [0.2, 0.25) is 17.7 Å². The van der Waals surface area contributed by atoms with Crippen LogP contribution in [0.1, 0.15) is 90.3 Å². The number of nitrogens with two attached hydrogens (primary N) is 1. The number of carbonyl (C=O) groups excluding carboxylic acids is 4. The summed E-state index contributed by atoms with van der Waals surface area (Å²) in [6.45, 7) is 12.5. The van der Waals surface area contributed by atoms with Crippen molar-refractivity contribution >= 4 is 29.9 Å². The predicted molar refractivity (Wildman–Crippen MR) is 143 cm³/mol. The first kappa shape index (κ1) is 29.9. The zero-order chi connectivity index (χ0) is 27.8. The molecule has 9 heteroatoms. The van der Waals surface area contributed by atoms with Gasteiger partial charge in [0.05, 0.1) is 6.42 Å². The molecular weight excluding hydrogens is 472 g/mol. The lowest BCUT2D eigenvalue weighted by atomic mass is 9.94. The fourth-order valence-electron chi connectivity index (χ4n) is 4.53. The van der Waals surface area contributed by atoms with Gasteiger partial charge in [0, 0.05) is 12.1 Å². The maximum Gasteiger partial charge on any atom is 0.408 e. The van der Waals surface area contributed by atoms with Gasteiger partial charge in [-0.15, -0.1) is 0 Å². The molecule has 2 unspecified atom stereocenters. The summed E-state index contributed by atoms with van der Waals surface area (Å²) in [5.41, 5.74) is 6.01. The monoisotopic (exact) mass is 514 g/mol. The molecular formula is C28H42N4O5. The van der Waals surface area contributed by atoms with Crippen molar-refractivity contribution in [3.05, 3.63) is 42.0 Å². The molecule has 4 amide bonds. The second kappa shape index (κ2) is 13.3. The molecule has 1 saturated carbocycles. The Morgan fingerprint density at radius 3 is 2.35 bits per heavy atom. The second-order valence-electron chi connectivity index (χ2n) is 10.8. The summed E-state index contributed by atoms with van der Waals surface area (Å²) >= 11 is 0. The van der Waals surface area contributed by atoms with Crippen LogP contribution in [0.2, 0.25) is 0 Å². The normalized spacial score (nSPS) is 15.8. The smallest absolute Gasteiger partial charge is 0.408 e. The van der Waals surface area contributed by atoms with E-state index in [1.807, 2.05) is 12.1 Å². The van der Waals surface area contributed by atoms with Crippen LogP contribution in [0.4, 0.5) is 4.79 Å². The molecule has 0 spiro atoms. The van der Waals surface area contributed by atoms with Crippen LogP contribution in [0.25, 0.3) is 6.08 Å². The third-order valence-corrected chi connectivity index (χ3v) is 6.15. The third-order valence-electron chi connectivity index (χ3n) is 6.15. The maximum atomic E-state index is 13.9. The van der Waals surface area contributed by atoms with E-state index in [1.165, 1.54) is 4.90 Å². The van der Waals surface area contributed by atoms with Crippen molar-refractivity contribution in [1.29, 1.82) is 0 Å². The molecule has 4 N–H and O–H groups in total. The average Bonchev–Trinajstić information content (AvgIpc) is 2.80. The van der Waals surface area contributed by atoms with E-state index >= 15 is 0 Å². The molecule has 0 bridgehead atoms. The van der Waals surface area contributed by atoms with E-state index in [0.717, 1.165) is 37.7 Å². The van der Waals surface area contributed by atoms with Gasteiger partial charge in [0.1, 0.15) is 17.7 Å². The maximum absolute atomic E-state index is 13.9. The summed E-state index contributed by atoms with van der Waals surface area (Å²) in [5.74, 6) is -1.69. The molecule has 2 rings (SSSR count). The van der Waals surface area contributed by atoms with Crippen molar-refractivity contribution in [2.75, 3.05) is 0 Å². The predicted octanol–water partition coefficient (Wildman–Crippen LogP) is 3.83. The van der Waals surface area contributed by atoms with Crippen LogP contribution in [0, 0.1) is 0 Å². The van der Waals surface area contributed by atoms with E-state index in [1.54, 1.807) is 52.8 Å². The van der Waals surface area contributed by atoms with E-state index in [-0.39, 0.29) is 11.9 Å². The summed E-state index contributed by atoms with van der Waals surface area (Å²) in [6, 6.07) is 4.53.